The summed E-state index contributed by atoms with van der Waals surface area (Å²) in [6, 6.07) is 0. The van der Waals surface area contributed by atoms with Crippen LogP contribution in [-0.4, -0.2) is 60.3 Å². The molecule has 0 spiro atoms. The molecule has 0 aliphatic rings. The van der Waals surface area contributed by atoms with E-state index < -0.39 is 25.2 Å². The van der Waals surface area contributed by atoms with E-state index in [0.717, 1.165) is 0 Å². The minimum absolute atomic E-state index is 0.0911. The molecule has 7 nitrogen and oxygen atoms in total. The molecule has 0 amide bonds. The van der Waals surface area contributed by atoms with Gasteiger partial charge in [-0.25, -0.2) is 9.59 Å². The molecule has 0 aromatic heterocycles. The van der Waals surface area contributed by atoms with Crippen LogP contribution < -0.4 is 0 Å². The van der Waals surface area contributed by atoms with E-state index in [0.29, 0.717) is 13.2 Å². The molecule has 0 atom stereocenters. The van der Waals surface area contributed by atoms with E-state index in [1.54, 1.807) is 6.08 Å². The summed E-state index contributed by atoms with van der Waals surface area (Å²) in [5, 5.41) is 24.0. The van der Waals surface area contributed by atoms with E-state index in [1.807, 2.05) is 0 Å². The molecule has 0 aliphatic carbocycles. The standard InChI is InChI=1S/C5H10O2.C4H6O5/c1-2-4-7-5-3-6;5-3(6)1-9-2-4(7)8/h2,6H,1,3-5H2;1-2H2,(H,5,6)(H,7,8). The fourth-order valence-electron chi connectivity index (χ4n) is 0.457. The SMILES string of the molecule is C=CCOCCO.O=C(O)COCC(=O)O. The highest BCUT2D eigenvalue weighted by Crippen LogP contribution is 1.73. The Labute approximate surface area is 92.9 Å². The van der Waals surface area contributed by atoms with E-state index in [9.17, 15) is 9.59 Å². The van der Waals surface area contributed by atoms with Crippen LogP contribution in [0.4, 0.5) is 0 Å². The first kappa shape index (κ1) is 17.0. The number of carbonyl (C=O) groups is 2. The van der Waals surface area contributed by atoms with Crippen LogP contribution in [0.5, 0.6) is 0 Å². The van der Waals surface area contributed by atoms with Crippen LogP contribution >= 0.6 is 0 Å². The summed E-state index contributed by atoms with van der Waals surface area (Å²) < 4.78 is 8.92. The molecule has 0 aromatic carbocycles. The van der Waals surface area contributed by atoms with Gasteiger partial charge in [-0.3, -0.25) is 0 Å². The lowest BCUT2D eigenvalue weighted by atomic mass is 10.7. The highest BCUT2D eigenvalue weighted by molar-refractivity contribution is 5.70. The lowest BCUT2D eigenvalue weighted by Crippen LogP contribution is -2.13. The molecule has 3 N–H and O–H groups in total. The lowest BCUT2D eigenvalue weighted by Gasteiger charge is -1.92. The van der Waals surface area contributed by atoms with E-state index in [4.69, 9.17) is 20.1 Å². The number of carboxylic acid groups (broad SMARTS) is 2. The molecule has 0 fully saturated rings. The molecule has 0 rings (SSSR count). The zero-order valence-corrected chi connectivity index (χ0v) is 8.79. The monoisotopic (exact) mass is 236 g/mol. The molecule has 0 heterocycles. The maximum atomic E-state index is 9.66. The molecule has 0 aromatic rings. The van der Waals surface area contributed by atoms with Gasteiger partial charge in [-0.2, -0.15) is 0 Å². The second-order valence-electron chi connectivity index (χ2n) is 2.37. The van der Waals surface area contributed by atoms with Gasteiger partial charge in [0.1, 0.15) is 13.2 Å². The number of hydrogen-bond acceptors (Lipinski definition) is 5. The molecular formula is C9H16O7. The van der Waals surface area contributed by atoms with Gasteiger partial charge in [-0.15, -0.1) is 6.58 Å². The molecule has 0 saturated carbocycles. The average molecular weight is 236 g/mol. The summed E-state index contributed by atoms with van der Waals surface area (Å²) in [6.45, 7) is 3.33. The van der Waals surface area contributed by atoms with Crippen molar-refractivity contribution in [3.8, 4) is 0 Å². The molecule has 0 radical (unpaired) electrons. The van der Waals surface area contributed by atoms with Gasteiger partial charge in [0.25, 0.3) is 0 Å². The number of hydrogen-bond donors (Lipinski definition) is 3. The molecule has 0 unspecified atom stereocenters. The van der Waals surface area contributed by atoms with E-state index in [2.05, 4.69) is 11.3 Å². The number of aliphatic carboxylic acids is 2. The first-order chi connectivity index (χ1) is 7.54. The Balaban J connectivity index is 0. The maximum Gasteiger partial charge on any atom is 0.329 e. The number of ether oxygens (including phenoxy) is 2. The van der Waals surface area contributed by atoms with Crippen molar-refractivity contribution in [3.05, 3.63) is 12.7 Å². The quantitative estimate of drug-likeness (QED) is 0.379. The normalized spacial score (nSPS) is 8.81. The number of carboxylic acids is 2. The van der Waals surface area contributed by atoms with Crippen molar-refractivity contribution < 1.29 is 34.4 Å². The summed E-state index contributed by atoms with van der Waals surface area (Å²) >= 11 is 0. The molecule has 94 valence electrons. The number of aliphatic hydroxyl groups is 1. The minimum Gasteiger partial charge on any atom is -0.480 e. The summed E-state index contributed by atoms with van der Waals surface area (Å²) in [6.07, 6.45) is 1.65. The summed E-state index contributed by atoms with van der Waals surface area (Å²) in [5.74, 6) is -2.34. The Morgan fingerprint density at radius 1 is 1.12 bits per heavy atom. The number of rotatable bonds is 8. The fraction of sp³-hybridized carbons (Fsp3) is 0.556. The Kier molecular flexibility index (Phi) is 14.4. The van der Waals surface area contributed by atoms with Crippen LogP contribution in [0.25, 0.3) is 0 Å². The molecule has 0 bridgehead atoms. The Morgan fingerprint density at radius 2 is 1.62 bits per heavy atom. The maximum absolute atomic E-state index is 9.66. The van der Waals surface area contributed by atoms with Gasteiger partial charge in [0.15, 0.2) is 0 Å². The Bertz CT molecular complexity index is 188. The van der Waals surface area contributed by atoms with E-state index >= 15 is 0 Å². The smallest absolute Gasteiger partial charge is 0.329 e. The van der Waals surface area contributed by atoms with Crippen LogP contribution in [0.3, 0.4) is 0 Å². The third kappa shape index (κ3) is 22.9. The van der Waals surface area contributed by atoms with E-state index in [1.165, 1.54) is 0 Å². The van der Waals surface area contributed by atoms with Crippen LogP contribution in [0.2, 0.25) is 0 Å². The van der Waals surface area contributed by atoms with Crippen molar-refractivity contribution in [2.24, 2.45) is 0 Å². The van der Waals surface area contributed by atoms with Crippen molar-refractivity contribution in [3.63, 3.8) is 0 Å². The summed E-state index contributed by atoms with van der Waals surface area (Å²) in [5.41, 5.74) is 0. The summed E-state index contributed by atoms with van der Waals surface area (Å²) in [7, 11) is 0. The fourth-order valence-corrected chi connectivity index (χ4v) is 0.457. The predicted molar refractivity (Wildman–Crippen MR) is 54.2 cm³/mol. The van der Waals surface area contributed by atoms with Crippen LogP contribution in [0.15, 0.2) is 12.7 Å². The molecule has 16 heavy (non-hydrogen) atoms. The van der Waals surface area contributed by atoms with Crippen LogP contribution in [0, 0.1) is 0 Å². The van der Waals surface area contributed by atoms with Crippen LogP contribution in [0.1, 0.15) is 0 Å². The van der Waals surface area contributed by atoms with Gasteiger partial charge < -0.3 is 24.8 Å². The third-order valence-electron chi connectivity index (χ3n) is 0.922. The first-order valence-electron chi connectivity index (χ1n) is 4.35. The molecule has 0 aliphatic heterocycles. The van der Waals surface area contributed by atoms with Gasteiger partial charge in [0, 0.05) is 0 Å². The van der Waals surface area contributed by atoms with Gasteiger partial charge in [0.2, 0.25) is 0 Å². The van der Waals surface area contributed by atoms with Crippen molar-refractivity contribution in [2.75, 3.05) is 33.0 Å². The zero-order valence-electron chi connectivity index (χ0n) is 8.79. The Hall–Kier alpha value is -1.44. The topological polar surface area (TPSA) is 113 Å². The largest absolute Gasteiger partial charge is 0.480 e. The van der Waals surface area contributed by atoms with Gasteiger partial charge in [-0.05, 0) is 0 Å². The third-order valence-corrected chi connectivity index (χ3v) is 0.922. The second-order valence-corrected chi connectivity index (χ2v) is 2.37. The van der Waals surface area contributed by atoms with Crippen LogP contribution in [-0.2, 0) is 19.1 Å². The minimum atomic E-state index is -1.17. The highest BCUT2D eigenvalue weighted by Gasteiger charge is 1.98. The Morgan fingerprint density at radius 3 is 1.94 bits per heavy atom. The van der Waals surface area contributed by atoms with Crippen molar-refractivity contribution in [1.82, 2.24) is 0 Å². The zero-order chi connectivity index (χ0) is 12.8. The second kappa shape index (κ2) is 13.6. The molecule has 0 saturated heterocycles. The van der Waals surface area contributed by atoms with Crippen molar-refractivity contribution in [2.45, 2.75) is 0 Å². The predicted octanol–water partition coefficient (Wildman–Crippen LogP) is -0.646. The van der Waals surface area contributed by atoms with Gasteiger partial charge >= 0.3 is 11.9 Å². The van der Waals surface area contributed by atoms with E-state index in [-0.39, 0.29) is 6.61 Å². The number of aliphatic hydroxyl groups excluding tert-OH is 1. The van der Waals surface area contributed by atoms with Gasteiger partial charge in [-0.1, -0.05) is 6.08 Å². The average Bonchev–Trinajstić information content (AvgIpc) is 2.18. The highest BCUT2D eigenvalue weighted by atomic mass is 16.5. The first-order valence-corrected chi connectivity index (χ1v) is 4.35. The molecular weight excluding hydrogens is 220 g/mol. The molecule has 7 heteroatoms. The van der Waals surface area contributed by atoms with Crippen molar-refractivity contribution >= 4 is 11.9 Å². The van der Waals surface area contributed by atoms with Gasteiger partial charge in [0.05, 0.1) is 19.8 Å². The summed E-state index contributed by atoms with van der Waals surface area (Å²) in [4.78, 5) is 19.3. The lowest BCUT2D eigenvalue weighted by molar-refractivity contribution is -0.148. The van der Waals surface area contributed by atoms with Crippen molar-refractivity contribution in [1.29, 1.82) is 0 Å².